The minimum Gasteiger partial charge on any atom is -0.355 e. The Morgan fingerprint density at radius 1 is 0.857 bits per heavy atom. The van der Waals surface area contributed by atoms with Gasteiger partial charge in [-0.15, -0.1) is 0 Å². The fraction of sp³-hybridized carbons (Fsp3) is 0. The molecular weight excluding hydrogens is 186 g/mol. The summed E-state index contributed by atoms with van der Waals surface area (Å²) in [6.07, 6.45) is 0. The van der Waals surface area contributed by atoms with Crippen LogP contribution in [0.25, 0.3) is 21.8 Å². The van der Waals surface area contributed by atoms with Crippen LogP contribution in [0.2, 0.25) is 0 Å². The Morgan fingerprint density at radius 2 is 1.64 bits per heavy atom. The van der Waals surface area contributed by atoms with Crippen LogP contribution in [-0.4, -0.2) is 15.2 Å². The van der Waals surface area contributed by atoms with Gasteiger partial charge >= 0.3 is 0 Å². The van der Waals surface area contributed by atoms with Gasteiger partial charge in [0.1, 0.15) is 0 Å². The lowest BCUT2D eigenvalue weighted by Gasteiger charge is -1.93. The highest BCUT2D eigenvalue weighted by Gasteiger charge is 2.03. The number of rotatable bonds is 0. The summed E-state index contributed by atoms with van der Waals surface area (Å²) in [6.45, 7) is 0. The van der Waals surface area contributed by atoms with E-state index in [1.165, 1.54) is 27.0 Å². The molecule has 0 saturated carbocycles. The highest BCUT2D eigenvalue weighted by molar-refractivity contribution is 6.39. The maximum atomic E-state index is 3.45. The highest BCUT2D eigenvalue weighted by atomic mass is 28.1. The fourth-order valence-electron chi connectivity index (χ4n) is 1.93. The van der Waals surface area contributed by atoms with Crippen LogP contribution in [0, 0.1) is 0 Å². The first-order valence-electron chi connectivity index (χ1n) is 4.67. The second-order valence-electron chi connectivity index (χ2n) is 3.51. The van der Waals surface area contributed by atoms with Crippen molar-refractivity contribution in [2.75, 3.05) is 0 Å². The highest BCUT2D eigenvalue weighted by Crippen LogP contribution is 2.22. The van der Waals surface area contributed by atoms with Gasteiger partial charge in [-0.05, 0) is 11.3 Å². The van der Waals surface area contributed by atoms with E-state index in [0.717, 1.165) is 0 Å². The van der Waals surface area contributed by atoms with Crippen molar-refractivity contribution in [1.82, 2.24) is 4.98 Å². The third kappa shape index (κ3) is 0.945. The lowest BCUT2D eigenvalue weighted by Crippen LogP contribution is -2.01. The first-order valence-corrected chi connectivity index (χ1v) is 5.38. The van der Waals surface area contributed by atoms with Crippen LogP contribution in [0.5, 0.6) is 0 Å². The molecule has 0 fully saturated rings. The molecule has 0 aliphatic carbocycles. The number of aromatic amines is 1. The second kappa shape index (κ2) is 2.72. The number of nitrogens with one attached hydrogen (secondary N) is 1. The van der Waals surface area contributed by atoms with E-state index < -0.39 is 0 Å². The summed E-state index contributed by atoms with van der Waals surface area (Å²) in [6, 6.07) is 14.9. The van der Waals surface area contributed by atoms with Gasteiger partial charge in [0.05, 0.1) is 10.2 Å². The second-order valence-corrected chi connectivity index (χ2v) is 4.27. The molecule has 2 heteroatoms. The van der Waals surface area contributed by atoms with E-state index in [0.29, 0.717) is 0 Å². The number of benzene rings is 2. The molecule has 0 atom stereocenters. The number of fused-ring (bicyclic) bond motifs is 3. The van der Waals surface area contributed by atoms with Crippen molar-refractivity contribution in [2.24, 2.45) is 0 Å². The molecule has 1 radical (unpaired) electrons. The van der Waals surface area contributed by atoms with Crippen molar-refractivity contribution in [3.8, 4) is 0 Å². The molecule has 3 aromatic rings. The zero-order valence-electron chi connectivity index (χ0n) is 7.75. The van der Waals surface area contributed by atoms with Gasteiger partial charge in [0, 0.05) is 21.8 Å². The SMILES string of the molecule is [SiH2]c1cccc2c1[nH]c1ccccc12. The van der Waals surface area contributed by atoms with Gasteiger partial charge in [-0.2, -0.15) is 0 Å². The standard InChI is InChI=1S/C12H10NSi/c14-11-7-3-5-9-8-4-1-2-6-10(8)13-12(9)11/h1-7,13H,14H2. The molecule has 14 heavy (non-hydrogen) atoms. The number of aromatic nitrogens is 1. The van der Waals surface area contributed by atoms with E-state index in [2.05, 4.69) is 47.4 Å². The summed E-state index contributed by atoms with van der Waals surface area (Å²) in [5.74, 6) is 0. The molecule has 2 aromatic carbocycles. The molecule has 0 unspecified atom stereocenters. The van der Waals surface area contributed by atoms with Crippen LogP contribution in [0.3, 0.4) is 0 Å². The predicted octanol–water partition coefficient (Wildman–Crippen LogP) is 1.58. The smallest absolute Gasteiger partial charge is 0.0505 e. The molecule has 0 aliphatic rings. The molecule has 0 bridgehead atoms. The first kappa shape index (κ1) is 7.82. The minimum atomic E-state index is 1.22. The molecule has 1 nitrogen and oxygen atoms in total. The fourth-order valence-corrected chi connectivity index (χ4v) is 2.35. The quantitative estimate of drug-likeness (QED) is 0.525. The summed E-state index contributed by atoms with van der Waals surface area (Å²) >= 11 is 0. The Kier molecular flexibility index (Phi) is 1.52. The molecule has 1 aromatic heterocycles. The number of para-hydroxylation sites is 2. The average molecular weight is 196 g/mol. The van der Waals surface area contributed by atoms with Gasteiger partial charge in [-0.1, -0.05) is 36.4 Å². The normalized spacial score (nSPS) is 11.2. The van der Waals surface area contributed by atoms with E-state index in [1.807, 2.05) is 10.2 Å². The zero-order valence-corrected chi connectivity index (χ0v) is 9.16. The molecule has 0 spiro atoms. The molecule has 0 amide bonds. The van der Waals surface area contributed by atoms with Crippen LogP contribution in [0.4, 0.5) is 0 Å². The van der Waals surface area contributed by atoms with Crippen LogP contribution >= 0.6 is 0 Å². The van der Waals surface area contributed by atoms with Gasteiger partial charge in [-0.25, -0.2) is 0 Å². The molecule has 1 heterocycles. The Morgan fingerprint density at radius 3 is 2.57 bits per heavy atom. The van der Waals surface area contributed by atoms with Gasteiger partial charge in [-0.3, -0.25) is 0 Å². The summed E-state index contributed by atoms with van der Waals surface area (Å²) in [7, 11) is 1.93. The van der Waals surface area contributed by atoms with Crippen LogP contribution in [-0.2, 0) is 0 Å². The molecule has 67 valence electrons. The topological polar surface area (TPSA) is 15.8 Å². The van der Waals surface area contributed by atoms with E-state index >= 15 is 0 Å². The first-order chi connectivity index (χ1) is 6.86. The van der Waals surface area contributed by atoms with E-state index in [4.69, 9.17) is 0 Å². The maximum Gasteiger partial charge on any atom is 0.0505 e. The van der Waals surface area contributed by atoms with Gasteiger partial charge in [0.15, 0.2) is 0 Å². The van der Waals surface area contributed by atoms with Crippen molar-refractivity contribution in [1.29, 1.82) is 0 Å². The Hall–Kier alpha value is -1.54. The van der Waals surface area contributed by atoms with E-state index in [-0.39, 0.29) is 0 Å². The van der Waals surface area contributed by atoms with Crippen LogP contribution in [0.15, 0.2) is 42.5 Å². The van der Waals surface area contributed by atoms with E-state index in [9.17, 15) is 0 Å². The predicted molar refractivity (Wildman–Crippen MR) is 64.0 cm³/mol. The van der Waals surface area contributed by atoms with E-state index in [1.54, 1.807) is 0 Å². The monoisotopic (exact) mass is 196 g/mol. The molecule has 0 saturated heterocycles. The van der Waals surface area contributed by atoms with Crippen LogP contribution < -0.4 is 5.19 Å². The molecule has 1 N–H and O–H groups in total. The van der Waals surface area contributed by atoms with Crippen molar-refractivity contribution < 1.29 is 0 Å². The molecule has 0 aliphatic heterocycles. The third-order valence-electron chi connectivity index (χ3n) is 2.63. The Balaban J connectivity index is 2.63. The lowest BCUT2D eigenvalue weighted by molar-refractivity contribution is 1.56. The maximum absolute atomic E-state index is 3.45. The lowest BCUT2D eigenvalue weighted by atomic mass is 10.1. The summed E-state index contributed by atoms with van der Waals surface area (Å²) in [5.41, 5.74) is 2.49. The number of hydrogen-bond donors (Lipinski definition) is 1. The van der Waals surface area contributed by atoms with Crippen molar-refractivity contribution in [2.45, 2.75) is 0 Å². The molecule has 3 rings (SSSR count). The zero-order chi connectivity index (χ0) is 9.54. The summed E-state index contributed by atoms with van der Waals surface area (Å²) < 4.78 is 0. The summed E-state index contributed by atoms with van der Waals surface area (Å²) in [5, 5.41) is 3.97. The van der Waals surface area contributed by atoms with Gasteiger partial charge in [0.2, 0.25) is 0 Å². The third-order valence-corrected chi connectivity index (χ3v) is 3.22. The van der Waals surface area contributed by atoms with Crippen molar-refractivity contribution >= 4 is 37.2 Å². The minimum absolute atomic E-state index is 1.22. The number of hydrogen-bond acceptors (Lipinski definition) is 0. The van der Waals surface area contributed by atoms with Gasteiger partial charge in [0.25, 0.3) is 0 Å². The van der Waals surface area contributed by atoms with Crippen LogP contribution in [0.1, 0.15) is 0 Å². The number of H-pyrrole nitrogens is 1. The van der Waals surface area contributed by atoms with Crippen molar-refractivity contribution in [3.63, 3.8) is 0 Å². The largest absolute Gasteiger partial charge is 0.355 e. The average Bonchev–Trinajstić information content (AvgIpc) is 2.59. The van der Waals surface area contributed by atoms with Crippen molar-refractivity contribution in [3.05, 3.63) is 42.5 Å². The Labute approximate surface area is 85.2 Å². The Bertz CT molecular complexity index is 610. The van der Waals surface area contributed by atoms with Gasteiger partial charge < -0.3 is 4.98 Å². The summed E-state index contributed by atoms with van der Waals surface area (Å²) in [4.78, 5) is 3.45. The molecular formula is C12H10NSi.